The molecule has 1 amide bonds. The van der Waals surface area contributed by atoms with Gasteiger partial charge in [-0.05, 0) is 50.8 Å². The summed E-state index contributed by atoms with van der Waals surface area (Å²) in [7, 11) is 0. The van der Waals surface area contributed by atoms with E-state index in [0.717, 1.165) is 40.7 Å². The summed E-state index contributed by atoms with van der Waals surface area (Å²) in [6, 6.07) is 4.64. The van der Waals surface area contributed by atoms with Crippen LogP contribution in [-0.4, -0.2) is 40.7 Å². The molecule has 11 heteroatoms. The van der Waals surface area contributed by atoms with Crippen molar-refractivity contribution in [2.75, 3.05) is 19.8 Å². The molecule has 0 bridgehead atoms. The molecule has 1 fully saturated rings. The number of carbonyl (C=O) groups excluding carboxylic acids is 1. The van der Waals surface area contributed by atoms with Gasteiger partial charge in [0.2, 0.25) is 5.82 Å². The second-order valence-corrected chi connectivity index (χ2v) is 9.66. The van der Waals surface area contributed by atoms with Gasteiger partial charge in [-0.3, -0.25) is 4.79 Å². The zero-order valence-electron chi connectivity index (χ0n) is 19.3. The Morgan fingerprint density at radius 3 is 2.51 bits per heavy atom. The number of alkyl halides is 3. The molecule has 0 radical (unpaired) electrons. The Morgan fingerprint density at radius 1 is 1.17 bits per heavy atom. The van der Waals surface area contributed by atoms with E-state index < -0.39 is 23.9 Å². The average Bonchev–Trinajstić information content (AvgIpc) is 3.29. The van der Waals surface area contributed by atoms with Gasteiger partial charge < -0.3 is 14.8 Å². The van der Waals surface area contributed by atoms with E-state index >= 15 is 0 Å². The first kappa shape index (κ1) is 25.1. The molecule has 0 unspecified atom stereocenters. The van der Waals surface area contributed by atoms with Crippen LogP contribution in [0.4, 0.5) is 13.2 Å². The first-order valence-corrected chi connectivity index (χ1v) is 12.0. The fourth-order valence-corrected chi connectivity index (χ4v) is 4.38. The standard InChI is InChI=1S/C24H25F3N4O3S/c1-14-10-28-22(35-14)18-7-17(8-20(9-18)34-13-16-3-5-33-6-4-16)21(32)31-15(2)19-11-29-23(30-12-19)24(25,26)27/h7-12,15-16H,3-6,13H2,1-2H3,(H,31,32)/t15-/m1/s1. The Hall–Kier alpha value is -3.05. The van der Waals surface area contributed by atoms with Crippen LogP contribution in [0.3, 0.4) is 0 Å². The zero-order chi connectivity index (χ0) is 25.0. The number of carbonyl (C=O) groups is 1. The molecular formula is C24H25F3N4O3S. The first-order chi connectivity index (χ1) is 16.7. The number of benzene rings is 1. The van der Waals surface area contributed by atoms with Crippen molar-refractivity contribution in [3.05, 3.63) is 58.6 Å². The molecule has 0 spiro atoms. The van der Waals surface area contributed by atoms with Crippen LogP contribution >= 0.6 is 11.3 Å². The number of aryl methyl sites for hydroxylation is 1. The third-order valence-electron chi connectivity index (χ3n) is 5.64. The molecule has 0 saturated carbocycles. The molecule has 1 aromatic carbocycles. The van der Waals surface area contributed by atoms with Gasteiger partial charge in [-0.15, -0.1) is 11.3 Å². The van der Waals surface area contributed by atoms with Gasteiger partial charge in [-0.25, -0.2) is 15.0 Å². The maximum atomic E-state index is 13.1. The second-order valence-electron chi connectivity index (χ2n) is 8.42. The minimum Gasteiger partial charge on any atom is -0.493 e. The lowest BCUT2D eigenvalue weighted by molar-refractivity contribution is -0.145. The molecule has 1 aliphatic heterocycles. The van der Waals surface area contributed by atoms with Crippen molar-refractivity contribution in [3.8, 4) is 16.3 Å². The molecule has 4 rings (SSSR count). The number of hydrogen-bond donors (Lipinski definition) is 1. The molecule has 35 heavy (non-hydrogen) atoms. The van der Waals surface area contributed by atoms with Gasteiger partial charge in [-0.2, -0.15) is 13.2 Å². The van der Waals surface area contributed by atoms with Crippen molar-refractivity contribution in [1.82, 2.24) is 20.3 Å². The topological polar surface area (TPSA) is 86.2 Å². The third kappa shape index (κ3) is 6.55. The van der Waals surface area contributed by atoms with Gasteiger partial charge in [0.25, 0.3) is 5.91 Å². The van der Waals surface area contributed by atoms with Crippen LogP contribution in [0, 0.1) is 12.8 Å². The Kier molecular flexibility index (Phi) is 7.66. The monoisotopic (exact) mass is 506 g/mol. The van der Waals surface area contributed by atoms with Crippen LogP contribution in [0.15, 0.2) is 36.8 Å². The number of thiazole rings is 1. The fourth-order valence-electron chi connectivity index (χ4n) is 3.62. The number of halogens is 3. The Balaban J connectivity index is 1.52. The highest BCUT2D eigenvalue weighted by atomic mass is 32.1. The Morgan fingerprint density at radius 2 is 1.89 bits per heavy atom. The molecule has 1 saturated heterocycles. The first-order valence-electron chi connectivity index (χ1n) is 11.2. The van der Waals surface area contributed by atoms with E-state index in [1.54, 1.807) is 25.3 Å². The molecule has 3 heterocycles. The van der Waals surface area contributed by atoms with Crippen LogP contribution in [0.25, 0.3) is 10.6 Å². The summed E-state index contributed by atoms with van der Waals surface area (Å²) in [4.78, 5) is 25.3. The van der Waals surface area contributed by atoms with Crippen molar-refractivity contribution in [3.63, 3.8) is 0 Å². The molecule has 1 aliphatic rings. The summed E-state index contributed by atoms with van der Waals surface area (Å²) >= 11 is 1.51. The van der Waals surface area contributed by atoms with E-state index in [2.05, 4.69) is 20.3 Å². The second kappa shape index (κ2) is 10.7. The van der Waals surface area contributed by atoms with Gasteiger partial charge in [0.1, 0.15) is 10.8 Å². The minimum atomic E-state index is -4.62. The van der Waals surface area contributed by atoms with Crippen molar-refractivity contribution < 1.29 is 27.4 Å². The summed E-state index contributed by atoms with van der Waals surface area (Å²) in [5.41, 5.74) is 1.47. The molecule has 0 aliphatic carbocycles. The maximum Gasteiger partial charge on any atom is 0.451 e. The molecule has 1 atom stereocenters. The highest BCUT2D eigenvalue weighted by molar-refractivity contribution is 7.14. The fraction of sp³-hybridized carbons (Fsp3) is 0.417. The third-order valence-corrected chi connectivity index (χ3v) is 6.60. The summed E-state index contributed by atoms with van der Waals surface area (Å²) in [6.45, 7) is 5.55. The van der Waals surface area contributed by atoms with Gasteiger partial charge in [0.05, 0.1) is 12.6 Å². The highest BCUT2D eigenvalue weighted by Crippen LogP contribution is 2.31. The van der Waals surface area contributed by atoms with E-state index in [-0.39, 0.29) is 0 Å². The zero-order valence-corrected chi connectivity index (χ0v) is 20.1. The van der Waals surface area contributed by atoms with Crippen molar-refractivity contribution in [2.45, 2.75) is 38.9 Å². The lowest BCUT2D eigenvalue weighted by Gasteiger charge is -2.22. The quantitative estimate of drug-likeness (QED) is 0.473. The Labute approximate surface area is 204 Å². The molecule has 186 valence electrons. The highest BCUT2D eigenvalue weighted by Gasteiger charge is 2.34. The van der Waals surface area contributed by atoms with E-state index in [0.29, 0.717) is 42.6 Å². The van der Waals surface area contributed by atoms with Crippen molar-refractivity contribution in [1.29, 1.82) is 0 Å². The van der Waals surface area contributed by atoms with Crippen molar-refractivity contribution in [2.24, 2.45) is 5.92 Å². The van der Waals surface area contributed by atoms with Gasteiger partial charge in [0.15, 0.2) is 0 Å². The average molecular weight is 507 g/mol. The molecule has 7 nitrogen and oxygen atoms in total. The van der Waals surface area contributed by atoms with Crippen LogP contribution < -0.4 is 10.1 Å². The summed E-state index contributed by atoms with van der Waals surface area (Å²) in [6.07, 6.45) is 1.12. The van der Waals surface area contributed by atoms with E-state index in [4.69, 9.17) is 9.47 Å². The van der Waals surface area contributed by atoms with Gasteiger partial charge in [-0.1, -0.05) is 0 Å². The van der Waals surface area contributed by atoms with Crippen LogP contribution in [0.5, 0.6) is 5.75 Å². The summed E-state index contributed by atoms with van der Waals surface area (Å²) in [5.74, 6) is -0.690. The molecule has 2 aromatic heterocycles. The minimum absolute atomic E-state index is 0.356. The van der Waals surface area contributed by atoms with E-state index in [9.17, 15) is 18.0 Å². The lowest BCUT2D eigenvalue weighted by atomic mass is 10.0. The van der Waals surface area contributed by atoms with Gasteiger partial charge >= 0.3 is 6.18 Å². The number of aromatic nitrogens is 3. The predicted octanol–water partition coefficient (Wildman–Crippen LogP) is 5.22. The van der Waals surface area contributed by atoms with Crippen LogP contribution in [0.1, 0.15) is 52.4 Å². The predicted molar refractivity (Wildman–Crippen MR) is 124 cm³/mol. The smallest absolute Gasteiger partial charge is 0.451 e. The molecular weight excluding hydrogens is 481 g/mol. The summed E-state index contributed by atoms with van der Waals surface area (Å²) in [5, 5.41) is 3.56. The largest absolute Gasteiger partial charge is 0.493 e. The SMILES string of the molecule is Cc1cnc(-c2cc(OCC3CCOCC3)cc(C(=O)N[C@H](C)c3cnc(C(F)(F)F)nc3)c2)s1. The van der Waals surface area contributed by atoms with Gasteiger partial charge in [0, 0.05) is 53.4 Å². The van der Waals surface area contributed by atoms with E-state index in [1.165, 1.54) is 11.3 Å². The number of rotatable bonds is 7. The maximum absolute atomic E-state index is 13.1. The number of nitrogens with zero attached hydrogens (tertiary/aromatic N) is 3. The van der Waals surface area contributed by atoms with Crippen LogP contribution in [-0.2, 0) is 10.9 Å². The van der Waals surface area contributed by atoms with Crippen LogP contribution in [0.2, 0.25) is 0 Å². The number of amides is 1. The molecule has 1 N–H and O–H groups in total. The molecule has 3 aromatic rings. The Bertz CT molecular complexity index is 1160. The number of ether oxygens (including phenoxy) is 2. The number of nitrogens with one attached hydrogen (secondary N) is 1. The number of hydrogen-bond acceptors (Lipinski definition) is 7. The van der Waals surface area contributed by atoms with E-state index in [1.807, 2.05) is 13.0 Å². The lowest BCUT2D eigenvalue weighted by Crippen LogP contribution is -2.27. The van der Waals surface area contributed by atoms with Crippen molar-refractivity contribution >= 4 is 17.2 Å². The summed E-state index contributed by atoms with van der Waals surface area (Å²) < 4.78 is 49.7. The normalized spacial score (nSPS) is 15.6.